The van der Waals surface area contributed by atoms with E-state index in [1.54, 1.807) is 28.6 Å². The van der Waals surface area contributed by atoms with Crippen LogP contribution in [0.5, 0.6) is 5.75 Å². The average molecular weight is 318 g/mol. The first-order valence-electron chi connectivity index (χ1n) is 6.86. The lowest BCUT2D eigenvalue weighted by molar-refractivity contribution is 0.268. The van der Waals surface area contributed by atoms with Crippen molar-refractivity contribution in [3.63, 3.8) is 0 Å². The lowest BCUT2D eigenvalue weighted by Gasteiger charge is -2.32. The molecule has 0 radical (unpaired) electrons. The van der Waals surface area contributed by atoms with Crippen LogP contribution in [-0.2, 0) is 10.0 Å². The minimum absolute atomic E-state index is 0.0703. The number of alkyl halides is 1. The number of ether oxygens (including phenoxy) is 1. The van der Waals surface area contributed by atoms with Gasteiger partial charge in [-0.3, -0.25) is 0 Å². The second kappa shape index (κ2) is 6.78. The van der Waals surface area contributed by atoms with Gasteiger partial charge in [0.05, 0.1) is 10.8 Å². The third kappa shape index (κ3) is 3.45. The van der Waals surface area contributed by atoms with E-state index in [2.05, 4.69) is 0 Å². The summed E-state index contributed by atoms with van der Waals surface area (Å²) in [5, 5.41) is 0. The van der Waals surface area contributed by atoms with Crippen molar-refractivity contribution in [2.45, 2.75) is 37.1 Å². The van der Waals surface area contributed by atoms with Crippen molar-refractivity contribution >= 4 is 21.6 Å². The van der Waals surface area contributed by atoms with Crippen molar-refractivity contribution in [2.75, 3.05) is 19.0 Å². The molecule has 0 spiro atoms. The van der Waals surface area contributed by atoms with Gasteiger partial charge in [0.1, 0.15) is 12.4 Å². The number of hydrogen-bond donors (Lipinski definition) is 0. The monoisotopic (exact) mass is 317 g/mol. The third-order valence-corrected chi connectivity index (χ3v) is 5.70. The van der Waals surface area contributed by atoms with E-state index in [-0.39, 0.29) is 6.04 Å². The van der Waals surface area contributed by atoms with Gasteiger partial charge in [0.2, 0.25) is 10.0 Å². The number of sulfonamides is 1. The SMILES string of the molecule is CC1CCCCN1S(=O)(=O)c1ccc(OCCCl)cc1. The summed E-state index contributed by atoms with van der Waals surface area (Å²) in [6, 6.07) is 6.61. The van der Waals surface area contributed by atoms with E-state index in [4.69, 9.17) is 16.3 Å². The van der Waals surface area contributed by atoms with Crippen molar-refractivity contribution in [1.82, 2.24) is 4.31 Å². The molecule has 1 aliphatic rings. The molecule has 1 aromatic rings. The normalized spacial score (nSPS) is 20.8. The quantitative estimate of drug-likeness (QED) is 0.785. The van der Waals surface area contributed by atoms with Crippen LogP contribution in [0.3, 0.4) is 0 Å². The van der Waals surface area contributed by atoms with Crippen LogP contribution in [0.1, 0.15) is 26.2 Å². The van der Waals surface area contributed by atoms with E-state index in [0.717, 1.165) is 19.3 Å². The Kier molecular flexibility index (Phi) is 5.29. The first-order chi connectivity index (χ1) is 9.55. The van der Waals surface area contributed by atoms with Crippen molar-refractivity contribution in [2.24, 2.45) is 0 Å². The molecule has 0 bridgehead atoms. The van der Waals surface area contributed by atoms with E-state index in [0.29, 0.717) is 29.7 Å². The van der Waals surface area contributed by atoms with E-state index >= 15 is 0 Å². The topological polar surface area (TPSA) is 46.6 Å². The van der Waals surface area contributed by atoms with Gasteiger partial charge < -0.3 is 4.74 Å². The molecule has 4 nitrogen and oxygen atoms in total. The number of rotatable bonds is 5. The molecule has 2 rings (SSSR count). The summed E-state index contributed by atoms with van der Waals surface area (Å²) >= 11 is 5.55. The van der Waals surface area contributed by atoms with Gasteiger partial charge in [0.15, 0.2) is 0 Å². The van der Waals surface area contributed by atoms with Crippen LogP contribution >= 0.6 is 11.6 Å². The molecule has 0 aromatic heterocycles. The summed E-state index contributed by atoms with van der Waals surface area (Å²) in [5.74, 6) is 1.04. The highest BCUT2D eigenvalue weighted by atomic mass is 35.5. The molecule has 1 unspecified atom stereocenters. The highest BCUT2D eigenvalue weighted by Crippen LogP contribution is 2.26. The maximum Gasteiger partial charge on any atom is 0.243 e. The highest BCUT2D eigenvalue weighted by Gasteiger charge is 2.30. The molecule has 20 heavy (non-hydrogen) atoms. The molecule has 1 heterocycles. The van der Waals surface area contributed by atoms with Crippen molar-refractivity contribution in [1.29, 1.82) is 0 Å². The fourth-order valence-corrected chi connectivity index (χ4v) is 4.21. The fraction of sp³-hybridized carbons (Fsp3) is 0.571. The molecular formula is C14H20ClNO3S. The summed E-state index contributed by atoms with van der Waals surface area (Å²) in [7, 11) is -3.40. The number of halogens is 1. The Morgan fingerprint density at radius 3 is 2.60 bits per heavy atom. The standard InChI is InChI=1S/C14H20ClNO3S/c1-12-4-2-3-10-16(12)20(17,18)14-7-5-13(6-8-14)19-11-9-15/h5-8,12H,2-4,9-11H2,1H3. The molecule has 0 N–H and O–H groups in total. The van der Waals surface area contributed by atoms with Crippen LogP contribution in [0.25, 0.3) is 0 Å². The fourth-order valence-electron chi connectivity index (χ4n) is 2.43. The average Bonchev–Trinajstić information content (AvgIpc) is 2.46. The van der Waals surface area contributed by atoms with Gasteiger partial charge in [0.25, 0.3) is 0 Å². The van der Waals surface area contributed by atoms with Gasteiger partial charge in [-0.25, -0.2) is 8.42 Å². The van der Waals surface area contributed by atoms with Crippen LogP contribution in [0.2, 0.25) is 0 Å². The predicted octanol–water partition coefficient (Wildman–Crippen LogP) is 2.87. The number of piperidine rings is 1. The van der Waals surface area contributed by atoms with Crippen molar-refractivity contribution in [3.05, 3.63) is 24.3 Å². The van der Waals surface area contributed by atoms with Gasteiger partial charge >= 0.3 is 0 Å². The molecule has 1 saturated heterocycles. The third-order valence-electron chi connectivity index (χ3n) is 3.52. The van der Waals surface area contributed by atoms with E-state index < -0.39 is 10.0 Å². The lowest BCUT2D eigenvalue weighted by Crippen LogP contribution is -2.41. The van der Waals surface area contributed by atoms with Gasteiger partial charge in [-0.05, 0) is 44.0 Å². The zero-order valence-corrected chi connectivity index (χ0v) is 13.2. The summed E-state index contributed by atoms with van der Waals surface area (Å²) in [6.45, 7) is 2.99. The number of hydrogen-bond acceptors (Lipinski definition) is 3. The van der Waals surface area contributed by atoms with Gasteiger partial charge in [-0.15, -0.1) is 11.6 Å². The van der Waals surface area contributed by atoms with E-state index in [1.807, 2.05) is 6.92 Å². The van der Waals surface area contributed by atoms with Crippen LogP contribution in [0.4, 0.5) is 0 Å². The molecule has 6 heteroatoms. The molecule has 0 amide bonds. The van der Waals surface area contributed by atoms with E-state index in [9.17, 15) is 8.42 Å². The molecule has 1 fully saturated rings. The zero-order chi connectivity index (χ0) is 14.6. The molecule has 1 aliphatic heterocycles. The summed E-state index contributed by atoms with van der Waals surface area (Å²) in [6.07, 6.45) is 2.95. The minimum atomic E-state index is -3.40. The molecule has 1 atom stereocenters. The maximum atomic E-state index is 12.6. The second-order valence-corrected chi connectivity index (χ2v) is 7.24. The highest BCUT2D eigenvalue weighted by molar-refractivity contribution is 7.89. The Bertz CT molecular complexity index is 530. The predicted molar refractivity (Wildman–Crippen MR) is 79.9 cm³/mol. The van der Waals surface area contributed by atoms with Crippen molar-refractivity contribution in [3.8, 4) is 5.75 Å². The molecular weight excluding hydrogens is 298 g/mol. The molecule has 1 aromatic carbocycles. The van der Waals surface area contributed by atoms with Crippen molar-refractivity contribution < 1.29 is 13.2 Å². The Balaban J connectivity index is 2.16. The van der Waals surface area contributed by atoms with E-state index in [1.165, 1.54) is 0 Å². The Morgan fingerprint density at radius 1 is 1.30 bits per heavy atom. The summed E-state index contributed by atoms with van der Waals surface area (Å²) in [5.41, 5.74) is 0. The summed E-state index contributed by atoms with van der Waals surface area (Å²) < 4.78 is 32.1. The minimum Gasteiger partial charge on any atom is -0.492 e. The van der Waals surface area contributed by atoms with Crippen LogP contribution in [0, 0.1) is 0 Å². The smallest absolute Gasteiger partial charge is 0.243 e. The number of benzene rings is 1. The largest absolute Gasteiger partial charge is 0.492 e. The first kappa shape index (κ1) is 15.6. The van der Waals surface area contributed by atoms with Crippen LogP contribution in [-0.4, -0.2) is 37.8 Å². The Labute approximate surface area is 125 Å². The molecule has 112 valence electrons. The van der Waals surface area contributed by atoms with Gasteiger partial charge in [-0.2, -0.15) is 4.31 Å². The van der Waals surface area contributed by atoms with Crippen LogP contribution in [0.15, 0.2) is 29.2 Å². The first-order valence-corrected chi connectivity index (χ1v) is 8.84. The molecule has 0 aliphatic carbocycles. The zero-order valence-electron chi connectivity index (χ0n) is 11.6. The number of nitrogens with zero attached hydrogens (tertiary/aromatic N) is 1. The Morgan fingerprint density at radius 2 is 2.00 bits per heavy atom. The lowest BCUT2D eigenvalue weighted by atomic mass is 10.1. The van der Waals surface area contributed by atoms with Crippen LogP contribution < -0.4 is 4.74 Å². The van der Waals surface area contributed by atoms with Gasteiger partial charge in [-0.1, -0.05) is 6.42 Å². The van der Waals surface area contributed by atoms with Gasteiger partial charge in [0, 0.05) is 12.6 Å². The molecule has 0 saturated carbocycles. The Hall–Kier alpha value is -0.780. The second-order valence-electron chi connectivity index (χ2n) is 4.97. The maximum absolute atomic E-state index is 12.6. The summed E-state index contributed by atoms with van der Waals surface area (Å²) in [4.78, 5) is 0.324.